The van der Waals surface area contributed by atoms with Crippen molar-refractivity contribution >= 4 is 23.6 Å². The molecule has 0 aliphatic carbocycles. The van der Waals surface area contributed by atoms with Gasteiger partial charge in [-0.2, -0.15) is 11.8 Å². The van der Waals surface area contributed by atoms with Crippen LogP contribution in [0.2, 0.25) is 0 Å². The minimum absolute atomic E-state index is 0.0303. The lowest BCUT2D eigenvalue weighted by Crippen LogP contribution is -2.57. The molecule has 0 aromatic heterocycles. The lowest BCUT2D eigenvalue weighted by Gasteiger charge is -2.34. The normalized spacial score (nSPS) is 28.1. The topological polar surface area (TPSA) is 49.4 Å². The third kappa shape index (κ3) is 2.70. The fourth-order valence-electron chi connectivity index (χ4n) is 2.27. The second-order valence-corrected chi connectivity index (χ2v) is 5.79. The number of hydrogen-bond acceptors (Lipinski definition) is 3. The Hall–Kier alpha value is -0.710. The summed E-state index contributed by atoms with van der Waals surface area (Å²) in [7, 11) is 0. The predicted octanol–water partition coefficient (Wildman–Crippen LogP) is 0.476. The van der Waals surface area contributed by atoms with Gasteiger partial charge in [-0.3, -0.25) is 9.59 Å². The number of hydrogen-bond donors (Lipinski definition) is 1. The molecule has 2 fully saturated rings. The van der Waals surface area contributed by atoms with Gasteiger partial charge < -0.3 is 10.2 Å². The van der Waals surface area contributed by atoms with E-state index < -0.39 is 0 Å². The van der Waals surface area contributed by atoms with Gasteiger partial charge in [0.25, 0.3) is 0 Å². The molecule has 2 heterocycles. The van der Waals surface area contributed by atoms with Crippen molar-refractivity contribution in [3.8, 4) is 0 Å². The molecule has 0 bridgehead atoms. The van der Waals surface area contributed by atoms with E-state index in [2.05, 4.69) is 5.32 Å². The summed E-state index contributed by atoms with van der Waals surface area (Å²) in [6, 6.07) is -0.348. The summed E-state index contributed by atoms with van der Waals surface area (Å²) in [4.78, 5) is 24.9. The van der Waals surface area contributed by atoms with Crippen LogP contribution < -0.4 is 5.32 Å². The van der Waals surface area contributed by atoms with Crippen LogP contribution >= 0.6 is 11.8 Å². The molecular formula is C11H18N2O2S. The van der Waals surface area contributed by atoms with Gasteiger partial charge in [0.15, 0.2) is 0 Å². The van der Waals surface area contributed by atoms with Crippen molar-refractivity contribution in [2.45, 2.75) is 25.8 Å². The fourth-order valence-corrected chi connectivity index (χ4v) is 3.47. The highest BCUT2D eigenvalue weighted by molar-refractivity contribution is 7.99. The van der Waals surface area contributed by atoms with Crippen LogP contribution in [0.15, 0.2) is 0 Å². The Morgan fingerprint density at radius 2 is 2.06 bits per heavy atom. The number of carbonyl (C=O) groups excluding carboxylic acids is 2. The second kappa shape index (κ2) is 5.08. The second-order valence-electron chi connectivity index (χ2n) is 4.56. The molecule has 1 N–H and O–H groups in total. The smallest absolute Gasteiger partial charge is 0.245 e. The van der Waals surface area contributed by atoms with E-state index in [1.807, 2.05) is 11.8 Å². The van der Waals surface area contributed by atoms with Gasteiger partial charge in [0.05, 0.1) is 6.54 Å². The van der Waals surface area contributed by atoms with E-state index in [0.717, 1.165) is 6.54 Å². The van der Waals surface area contributed by atoms with E-state index in [1.54, 1.807) is 11.8 Å². The highest BCUT2D eigenvalue weighted by Gasteiger charge is 2.31. The first-order valence-corrected chi connectivity index (χ1v) is 6.98. The highest BCUT2D eigenvalue weighted by Crippen LogP contribution is 2.24. The van der Waals surface area contributed by atoms with Crippen molar-refractivity contribution in [2.75, 3.05) is 24.6 Å². The average Bonchev–Trinajstić information content (AvgIpc) is 2.27. The zero-order valence-corrected chi connectivity index (χ0v) is 10.4. The Labute approximate surface area is 100 Å². The summed E-state index contributed by atoms with van der Waals surface area (Å²) >= 11 is 1.98. The third-order valence-electron chi connectivity index (χ3n) is 3.21. The van der Waals surface area contributed by atoms with E-state index in [4.69, 9.17) is 0 Å². The number of amides is 2. The molecule has 2 aliphatic rings. The number of nitrogens with one attached hydrogen (secondary N) is 1. The Kier molecular flexibility index (Phi) is 3.74. The summed E-state index contributed by atoms with van der Waals surface area (Å²) in [5.41, 5.74) is 0. The standard InChI is InChI=1S/C11H18N2O2S/c1-8-11(15)13(7-10(14)12-8)6-9-2-4-16-5-3-9/h8-9H,2-7H2,1H3,(H,12,14). The predicted molar refractivity (Wildman–Crippen MR) is 64.2 cm³/mol. The number of nitrogens with zero attached hydrogens (tertiary/aromatic N) is 1. The van der Waals surface area contributed by atoms with Gasteiger partial charge in [-0.15, -0.1) is 0 Å². The number of thioether (sulfide) groups is 1. The van der Waals surface area contributed by atoms with Gasteiger partial charge >= 0.3 is 0 Å². The molecule has 16 heavy (non-hydrogen) atoms. The molecule has 0 aromatic rings. The molecule has 0 saturated carbocycles. The SMILES string of the molecule is CC1NC(=O)CN(CC2CCSCC2)C1=O. The van der Waals surface area contributed by atoms with E-state index in [-0.39, 0.29) is 24.4 Å². The molecule has 0 aromatic carbocycles. The first kappa shape index (κ1) is 11.8. The van der Waals surface area contributed by atoms with Crippen molar-refractivity contribution in [3.05, 3.63) is 0 Å². The maximum Gasteiger partial charge on any atom is 0.245 e. The van der Waals surface area contributed by atoms with Gasteiger partial charge in [0.1, 0.15) is 6.04 Å². The molecule has 2 aliphatic heterocycles. The van der Waals surface area contributed by atoms with Crippen LogP contribution in [-0.2, 0) is 9.59 Å². The molecule has 90 valence electrons. The van der Waals surface area contributed by atoms with Crippen LogP contribution in [0.25, 0.3) is 0 Å². The van der Waals surface area contributed by atoms with Crippen LogP contribution in [0.4, 0.5) is 0 Å². The lowest BCUT2D eigenvalue weighted by molar-refractivity contribution is -0.144. The minimum atomic E-state index is -0.348. The first-order valence-electron chi connectivity index (χ1n) is 5.82. The third-order valence-corrected chi connectivity index (χ3v) is 4.26. The van der Waals surface area contributed by atoms with Gasteiger partial charge in [0, 0.05) is 6.54 Å². The zero-order chi connectivity index (χ0) is 11.5. The molecular weight excluding hydrogens is 224 g/mol. The maximum atomic E-state index is 11.9. The number of rotatable bonds is 2. The van der Waals surface area contributed by atoms with Gasteiger partial charge in [-0.05, 0) is 37.2 Å². The van der Waals surface area contributed by atoms with Crippen LogP contribution in [0.3, 0.4) is 0 Å². The van der Waals surface area contributed by atoms with E-state index in [9.17, 15) is 9.59 Å². The minimum Gasteiger partial charge on any atom is -0.343 e. The Morgan fingerprint density at radius 3 is 2.75 bits per heavy atom. The molecule has 5 heteroatoms. The average molecular weight is 242 g/mol. The molecule has 4 nitrogen and oxygen atoms in total. The highest BCUT2D eigenvalue weighted by atomic mass is 32.2. The van der Waals surface area contributed by atoms with Gasteiger partial charge in [0.2, 0.25) is 11.8 Å². The monoisotopic (exact) mass is 242 g/mol. The van der Waals surface area contributed by atoms with Crippen molar-refractivity contribution in [1.29, 1.82) is 0 Å². The van der Waals surface area contributed by atoms with Crippen LogP contribution in [0.5, 0.6) is 0 Å². The van der Waals surface area contributed by atoms with Crippen molar-refractivity contribution in [3.63, 3.8) is 0 Å². The lowest BCUT2D eigenvalue weighted by atomic mass is 10.0. The summed E-state index contributed by atoms with van der Waals surface area (Å²) in [6.45, 7) is 2.76. The molecule has 2 amide bonds. The summed E-state index contributed by atoms with van der Waals surface area (Å²) < 4.78 is 0. The van der Waals surface area contributed by atoms with Crippen molar-refractivity contribution in [2.24, 2.45) is 5.92 Å². The van der Waals surface area contributed by atoms with Crippen LogP contribution in [0, 0.1) is 5.92 Å². The first-order chi connectivity index (χ1) is 7.66. The molecule has 1 atom stereocenters. The molecule has 0 radical (unpaired) electrons. The van der Waals surface area contributed by atoms with E-state index >= 15 is 0 Å². The molecule has 2 saturated heterocycles. The largest absolute Gasteiger partial charge is 0.343 e. The van der Waals surface area contributed by atoms with Crippen LogP contribution in [-0.4, -0.2) is 47.4 Å². The fraction of sp³-hybridized carbons (Fsp3) is 0.818. The Bertz CT molecular complexity index is 290. The van der Waals surface area contributed by atoms with E-state index in [0.29, 0.717) is 5.92 Å². The molecule has 2 rings (SSSR count). The summed E-state index contributed by atoms with van der Waals surface area (Å²) in [5.74, 6) is 3.00. The van der Waals surface area contributed by atoms with Crippen molar-refractivity contribution in [1.82, 2.24) is 10.2 Å². The zero-order valence-electron chi connectivity index (χ0n) is 9.57. The quantitative estimate of drug-likeness (QED) is 0.766. The van der Waals surface area contributed by atoms with E-state index in [1.165, 1.54) is 24.3 Å². The summed E-state index contributed by atoms with van der Waals surface area (Å²) in [6.07, 6.45) is 2.34. The molecule has 1 unspecified atom stereocenters. The van der Waals surface area contributed by atoms with Crippen molar-refractivity contribution < 1.29 is 9.59 Å². The Morgan fingerprint density at radius 1 is 1.38 bits per heavy atom. The Balaban J connectivity index is 1.91. The van der Waals surface area contributed by atoms with Gasteiger partial charge in [-0.25, -0.2) is 0 Å². The molecule has 0 spiro atoms. The number of carbonyl (C=O) groups is 2. The summed E-state index contributed by atoms with van der Waals surface area (Å²) in [5, 5.41) is 2.66. The van der Waals surface area contributed by atoms with Crippen LogP contribution in [0.1, 0.15) is 19.8 Å². The van der Waals surface area contributed by atoms with Gasteiger partial charge in [-0.1, -0.05) is 0 Å². The number of piperazine rings is 1. The maximum absolute atomic E-state index is 11.9.